The molecule has 7 nitrogen and oxygen atoms in total. The van der Waals surface area contributed by atoms with Gasteiger partial charge in [0.25, 0.3) is 10.0 Å². The van der Waals surface area contributed by atoms with Gasteiger partial charge in [0.05, 0.1) is 10.6 Å². The van der Waals surface area contributed by atoms with Crippen LogP contribution >= 0.6 is 0 Å². The molecule has 0 aliphatic carbocycles. The van der Waals surface area contributed by atoms with Crippen LogP contribution in [0.3, 0.4) is 0 Å². The van der Waals surface area contributed by atoms with E-state index in [2.05, 4.69) is 5.32 Å². The molecule has 0 radical (unpaired) electrons. The van der Waals surface area contributed by atoms with Crippen molar-refractivity contribution in [2.24, 2.45) is 0 Å². The average molecular weight is 464 g/mol. The first-order valence-corrected chi connectivity index (χ1v) is 12.1. The van der Waals surface area contributed by atoms with Crippen LogP contribution in [0.1, 0.15) is 18.4 Å². The van der Waals surface area contributed by atoms with Gasteiger partial charge in [0.2, 0.25) is 11.8 Å². The molecule has 0 saturated carbocycles. The van der Waals surface area contributed by atoms with E-state index < -0.39 is 15.9 Å². The zero-order chi connectivity index (χ0) is 23.4. The molecule has 0 bridgehead atoms. The Kier molecular flexibility index (Phi) is 6.46. The molecule has 1 heterocycles. The van der Waals surface area contributed by atoms with E-state index in [1.165, 1.54) is 12.1 Å². The smallest absolute Gasteiger partial charge is 0.264 e. The Bertz CT molecular complexity index is 1240. The fourth-order valence-corrected chi connectivity index (χ4v) is 5.16. The number of anilines is 3. The van der Waals surface area contributed by atoms with Gasteiger partial charge in [-0.1, -0.05) is 35.9 Å². The molecular formula is C25H25N3O4S. The van der Waals surface area contributed by atoms with Crippen molar-refractivity contribution in [3.05, 3.63) is 84.4 Å². The van der Waals surface area contributed by atoms with Gasteiger partial charge in [0.1, 0.15) is 6.54 Å². The standard InChI is InChI=1S/C25H25N3O4S/c1-19-9-13-22(14-10-19)28(33(31,32)23-6-3-2-4-7-23)18-24(29)26-20-11-15-21(16-12-20)27-17-5-8-25(27)30/h2-4,6-7,9-16H,5,8,17-18H2,1H3,(H,26,29). The summed E-state index contributed by atoms with van der Waals surface area (Å²) in [5.41, 5.74) is 2.69. The summed E-state index contributed by atoms with van der Waals surface area (Å²) in [6.45, 7) is 2.21. The number of sulfonamides is 1. The highest BCUT2D eigenvalue weighted by Gasteiger charge is 2.27. The van der Waals surface area contributed by atoms with E-state index in [0.717, 1.165) is 22.0 Å². The van der Waals surface area contributed by atoms with E-state index in [1.807, 2.05) is 6.92 Å². The van der Waals surface area contributed by atoms with Gasteiger partial charge < -0.3 is 10.2 Å². The molecule has 8 heteroatoms. The van der Waals surface area contributed by atoms with Crippen LogP contribution in [0.25, 0.3) is 0 Å². The van der Waals surface area contributed by atoms with Gasteiger partial charge in [0, 0.05) is 24.3 Å². The maximum absolute atomic E-state index is 13.3. The van der Waals surface area contributed by atoms with E-state index in [-0.39, 0.29) is 17.3 Å². The van der Waals surface area contributed by atoms with Crippen molar-refractivity contribution in [3.8, 4) is 0 Å². The Hall–Kier alpha value is -3.65. The molecule has 4 rings (SSSR count). The van der Waals surface area contributed by atoms with Crippen LogP contribution in [0.4, 0.5) is 17.1 Å². The van der Waals surface area contributed by atoms with Crippen molar-refractivity contribution in [2.45, 2.75) is 24.7 Å². The number of nitrogens with one attached hydrogen (secondary N) is 1. The summed E-state index contributed by atoms with van der Waals surface area (Å²) in [5.74, 6) is -0.383. The molecule has 0 atom stereocenters. The highest BCUT2D eigenvalue weighted by molar-refractivity contribution is 7.92. The second-order valence-electron chi connectivity index (χ2n) is 7.90. The second kappa shape index (κ2) is 9.46. The molecule has 0 spiro atoms. The summed E-state index contributed by atoms with van der Waals surface area (Å²) in [7, 11) is -3.95. The van der Waals surface area contributed by atoms with Gasteiger partial charge >= 0.3 is 0 Å². The fraction of sp³-hybridized carbons (Fsp3) is 0.200. The zero-order valence-electron chi connectivity index (χ0n) is 18.3. The first-order valence-electron chi connectivity index (χ1n) is 10.7. The number of rotatable bonds is 7. The molecule has 3 aromatic rings. The molecule has 1 fully saturated rings. The van der Waals surface area contributed by atoms with Crippen molar-refractivity contribution in [3.63, 3.8) is 0 Å². The first-order chi connectivity index (χ1) is 15.8. The molecule has 33 heavy (non-hydrogen) atoms. The number of carbonyl (C=O) groups excluding carboxylic acids is 2. The number of nitrogens with zero attached hydrogens (tertiary/aromatic N) is 2. The summed E-state index contributed by atoms with van der Waals surface area (Å²) < 4.78 is 27.8. The lowest BCUT2D eigenvalue weighted by molar-refractivity contribution is -0.117. The summed E-state index contributed by atoms with van der Waals surface area (Å²) in [6.07, 6.45) is 1.38. The van der Waals surface area contributed by atoms with Gasteiger partial charge in [0.15, 0.2) is 0 Å². The highest BCUT2D eigenvalue weighted by Crippen LogP contribution is 2.25. The monoisotopic (exact) mass is 463 g/mol. The largest absolute Gasteiger partial charge is 0.325 e. The maximum Gasteiger partial charge on any atom is 0.264 e. The van der Waals surface area contributed by atoms with Gasteiger partial charge in [-0.25, -0.2) is 8.42 Å². The van der Waals surface area contributed by atoms with E-state index in [4.69, 9.17) is 0 Å². The minimum atomic E-state index is -3.95. The summed E-state index contributed by atoms with van der Waals surface area (Å²) in [4.78, 5) is 26.6. The van der Waals surface area contributed by atoms with Crippen molar-refractivity contribution in [2.75, 3.05) is 27.6 Å². The Morgan fingerprint density at radius 2 is 1.64 bits per heavy atom. The van der Waals surface area contributed by atoms with Crippen molar-refractivity contribution >= 4 is 38.9 Å². The summed E-state index contributed by atoms with van der Waals surface area (Å²) >= 11 is 0. The highest BCUT2D eigenvalue weighted by atomic mass is 32.2. The van der Waals surface area contributed by atoms with Crippen molar-refractivity contribution in [1.29, 1.82) is 0 Å². The van der Waals surface area contributed by atoms with E-state index in [0.29, 0.717) is 24.3 Å². The molecule has 2 amide bonds. The zero-order valence-corrected chi connectivity index (χ0v) is 19.1. The van der Waals surface area contributed by atoms with E-state index >= 15 is 0 Å². The SMILES string of the molecule is Cc1ccc(N(CC(=O)Nc2ccc(N3CCCC3=O)cc2)S(=O)(=O)c2ccccc2)cc1. The van der Waals surface area contributed by atoms with Gasteiger partial charge in [-0.3, -0.25) is 13.9 Å². The van der Waals surface area contributed by atoms with Crippen LogP contribution in [0.5, 0.6) is 0 Å². The van der Waals surface area contributed by atoms with Crippen LogP contribution in [0.2, 0.25) is 0 Å². The van der Waals surface area contributed by atoms with Crippen LogP contribution in [-0.4, -0.2) is 33.3 Å². The third-order valence-electron chi connectivity index (χ3n) is 5.48. The predicted molar refractivity (Wildman–Crippen MR) is 129 cm³/mol. The summed E-state index contributed by atoms with van der Waals surface area (Å²) in [6, 6.07) is 22.0. The number of carbonyl (C=O) groups is 2. The molecule has 3 aromatic carbocycles. The average Bonchev–Trinajstić information content (AvgIpc) is 3.25. The molecule has 170 valence electrons. The van der Waals surface area contributed by atoms with Crippen LogP contribution in [-0.2, 0) is 19.6 Å². The normalized spacial score (nSPS) is 13.7. The Balaban J connectivity index is 1.54. The Labute approximate surface area is 193 Å². The third kappa shape index (κ3) is 5.06. The molecule has 1 aliphatic rings. The quantitative estimate of drug-likeness (QED) is 0.575. The van der Waals surface area contributed by atoms with Crippen LogP contribution in [0, 0.1) is 6.92 Å². The van der Waals surface area contributed by atoms with Crippen molar-refractivity contribution < 1.29 is 18.0 Å². The first kappa shape index (κ1) is 22.5. The van der Waals surface area contributed by atoms with Crippen LogP contribution in [0.15, 0.2) is 83.8 Å². The van der Waals surface area contributed by atoms with Crippen LogP contribution < -0.4 is 14.5 Å². The molecule has 1 aliphatic heterocycles. The molecular weight excluding hydrogens is 438 g/mol. The molecule has 1 N–H and O–H groups in total. The lowest BCUT2D eigenvalue weighted by Gasteiger charge is -2.24. The Morgan fingerprint density at radius 3 is 2.24 bits per heavy atom. The number of benzene rings is 3. The van der Waals surface area contributed by atoms with Gasteiger partial charge in [-0.15, -0.1) is 0 Å². The number of amides is 2. The minimum absolute atomic E-state index is 0.0895. The van der Waals surface area contributed by atoms with Crippen molar-refractivity contribution in [1.82, 2.24) is 0 Å². The number of hydrogen-bond acceptors (Lipinski definition) is 4. The Morgan fingerprint density at radius 1 is 0.970 bits per heavy atom. The van der Waals surface area contributed by atoms with Gasteiger partial charge in [-0.05, 0) is 61.9 Å². The fourth-order valence-electron chi connectivity index (χ4n) is 3.72. The summed E-state index contributed by atoms with van der Waals surface area (Å²) in [5, 5.41) is 2.76. The molecule has 1 saturated heterocycles. The lowest BCUT2D eigenvalue weighted by atomic mass is 10.2. The predicted octanol–water partition coefficient (Wildman–Crippen LogP) is 3.96. The number of hydrogen-bond donors (Lipinski definition) is 1. The minimum Gasteiger partial charge on any atom is -0.325 e. The second-order valence-corrected chi connectivity index (χ2v) is 9.77. The molecule has 0 unspecified atom stereocenters. The topological polar surface area (TPSA) is 86.8 Å². The maximum atomic E-state index is 13.3. The molecule has 0 aromatic heterocycles. The number of aryl methyl sites for hydroxylation is 1. The van der Waals surface area contributed by atoms with E-state index in [9.17, 15) is 18.0 Å². The van der Waals surface area contributed by atoms with Gasteiger partial charge in [-0.2, -0.15) is 0 Å². The third-order valence-corrected chi connectivity index (χ3v) is 7.26. The lowest BCUT2D eigenvalue weighted by Crippen LogP contribution is -2.38. The van der Waals surface area contributed by atoms with E-state index in [1.54, 1.807) is 71.6 Å².